The van der Waals surface area contributed by atoms with Gasteiger partial charge in [-0.1, -0.05) is 25.1 Å². The number of para-hydroxylation sites is 1. The molecule has 9 heteroatoms. The second kappa shape index (κ2) is 9.65. The molecule has 0 saturated carbocycles. The fourth-order valence-electron chi connectivity index (χ4n) is 3.19. The number of nitrogens with zero attached hydrogens (tertiary/aromatic N) is 1. The Balaban J connectivity index is 1.76. The number of benzene rings is 2. The number of aryl methyl sites for hydroxylation is 1. The lowest BCUT2D eigenvalue weighted by Gasteiger charge is -2.13. The predicted molar refractivity (Wildman–Crippen MR) is 120 cm³/mol. The van der Waals surface area contributed by atoms with Crippen LogP contribution in [0.3, 0.4) is 0 Å². The van der Waals surface area contributed by atoms with Crippen molar-refractivity contribution in [2.45, 2.75) is 13.3 Å². The highest BCUT2D eigenvalue weighted by atomic mass is 79.9. The number of carbonyl (C=O) groups excluding carboxylic acids is 3. The van der Waals surface area contributed by atoms with E-state index in [1.165, 1.54) is 20.3 Å². The summed E-state index contributed by atoms with van der Waals surface area (Å²) < 4.78 is 11.2. The Morgan fingerprint density at radius 2 is 1.94 bits per heavy atom. The van der Waals surface area contributed by atoms with Gasteiger partial charge < -0.3 is 20.1 Å². The number of rotatable bonds is 7. The van der Waals surface area contributed by atoms with Crippen LogP contribution in [-0.2, 0) is 16.0 Å². The second-order valence-corrected chi connectivity index (χ2v) is 7.53. The molecule has 1 aliphatic heterocycles. The summed E-state index contributed by atoms with van der Waals surface area (Å²) in [7, 11) is 3.02. The zero-order valence-corrected chi connectivity index (χ0v) is 18.9. The average molecular weight is 488 g/mol. The molecule has 0 spiro atoms. The zero-order chi connectivity index (χ0) is 22.5. The number of halogens is 1. The summed E-state index contributed by atoms with van der Waals surface area (Å²) in [5, 5.41) is 5.27. The van der Waals surface area contributed by atoms with Crippen LogP contribution in [0, 0.1) is 0 Å². The van der Waals surface area contributed by atoms with Gasteiger partial charge in [-0.15, -0.1) is 0 Å². The summed E-state index contributed by atoms with van der Waals surface area (Å²) in [5.74, 6) is -0.0715. The Morgan fingerprint density at radius 1 is 1.19 bits per heavy atom. The molecule has 4 amide bonds. The van der Waals surface area contributed by atoms with E-state index in [-0.39, 0.29) is 5.70 Å². The van der Waals surface area contributed by atoms with E-state index < -0.39 is 24.4 Å². The number of hydrogen-bond acceptors (Lipinski definition) is 5. The molecule has 0 aliphatic carbocycles. The van der Waals surface area contributed by atoms with Crippen molar-refractivity contribution in [2.24, 2.45) is 0 Å². The molecule has 0 bridgehead atoms. The molecule has 0 radical (unpaired) electrons. The van der Waals surface area contributed by atoms with Crippen LogP contribution in [0.1, 0.15) is 18.1 Å². The molecule has 2 N–H and O–H groups in total. The second-order valence-electron chi connectivity index (χ2n) is 6.68. The van der Waals surface area contributed by atoms with Gasteiger partial charge in [0.1, 0.15) is 12.2 Å². The first-order chi connectivity index (χ1) is 14.9. The van der Waals surface area contributed by atoms with E-state index in [9.17, 15) is 14.4 Å². The average Bonchev–Trinajstić information content (AvgIpc) is 3.00. The molecule has 1 aliphatic rings. The SMILES string of the molecule is CCc1ccccc1NC(=O)CN1C(=O)N/C(=C\c2cc(Br)c(OC)c(OC)c2)C1=O. The van der Waals surface area contributed by atoms with Gasteiger partial charge in [0.15, 0.2) is 11.5 Å². The molecule has 162 valence electrons. The monoisotopic (exact) mass is 487 g/mol. The molecule has 0 aromatic heterocycles. The highest BCUT2D eigenvalue weighted by molar-refractivity contribution is 9.10. The Morgan fingerprint density at radius 3 is 2.61 bits per heavy atom. The highest BCUT2D eigenvalue weighted by Crippen LogP contribution is 2.37. The number of urea groups is 1. The van der Waals surface area contributed by atoms with E-state index in [0.717, 1.165) is 16.9 Å². The van der Waals surface area contributed by atoms with Crippen molar-refractivity contribution < 1.29 is 23.9 Å². The summed E-state index contributed by atoms with van der Waals surface area (Å²) in [6, 6.07) is 10.1. The summed E-state index contributed by atoms with van der Waals surface area (Å²) in [6.45, 7) is 1.59. The minimum Gasteiger partial charge on any atom is -0.493 e. The van der Waals surface area contributed by atoms with Gasteiger partial charge in [-0.3, -0.25) is 9.59 Å². The van der Waals surface area contributed by atoms with Gasteiger partial charge in [0.2, 0.25) is 5.91 Å². The molecule has 0 unspecified atom stereocenters. The van der Waals surface area contributed by atoms with Crippen LogP contribution in [-0.4, -0.2) is 43.5 Å². The normalized spacial score (nSPS) is 14.6. The summed E-state index contributed by atoms with van der Waals surface area (Å²) in [5.41, 5.74) is 2.29. The molecular formula is C22H22BrN3O5. The first kappa shape index (κ1) is 22.4. The number of hydrogen-bond donors (Lipinski definition) is 2. The van der Waals surface area contributed by atoms with Gasteiger partial charge >= 0.3 is 6.03 Å². The lowest BCUT2D eigenvalue weighted by molar-refractivity contribution is -0.127. The van der Waals surface area contributed by atoms with Crippen molar-refractivity contribution in [3.05, 3.63) is 57.7 Å². The lowest BCUT2D eigenvalue weighted by atomic mass is 10.1. The number of carbonyl (C=O) groups is 3. The third kappa shape index (κ3) is 4.88. The largest absolute Gasteiger partial charge is 0.493 e. The number of ether oxygens (including phenoxy) is 2. The Hall–Kier alpha value is -3.33. The smallest absolute Gasteiger partial charge is 0.329 e. The Bertz CT molecular complexity index is 1070. The van der Waals surface area contributed by atoms with Gasteiger partial charge in [-0.25, -0.2) is 9.69 Å². The Labute approximate surface area is 188 Å². The molecule has 0 atom stereocenters. The predicted octanol–water partition coefficient (Wildman–Crippen LogP) is 3.56. The third-order valence-corrected chi connectivity index (χ3v) is 5.29. The van der Waals surface area contributed by atoms with E-state index in [4.69, 9.17) is 9.47 Å². The van der Waals surface area contributed by atoms with E-state index in [0.29, 0.717) is 27.2 Å². The van der Waals surface area contributed by atoms with E-state index >= 15 is 0 Å². The van der Waals surface area contributed by atoms with Gasteiger partial charge in [0, 0.05) is 5.69 Å². The molecule has 1 saturated heterocycles. The van der Waals surface area contributed by atoms with Gasteiger partial charge in [-0.2, -0.15) is 0 Å². The first-order valence-corrected chi connectivity index (χ1v) is 10.3. The van der Waals surface area contributed by atoms with Crippen LogP contribution in [0.5, 0.6) is 11.5 Å². The summed E-state index contributed by atoms with van der Waals surface area (Å²) >= 11 is 3.39. The molecule has 8 nitrogen and oxygen atoms in total. The van der Waals surface area contributed by atoms with Gasteiger partial charge in [-0.05, 0) is 57.8 Å². The van der Waals surface area contributed by atoms with E-state index in [1.807, 2.05) is 25.1 Å². The van der Waals surface area contributed by atoms with Crippen molar-refractivity contribution in [1.29, 1.82) is 0 Å². The Kier molecular flexibility index (Phi) is 6.96. The zero-order valence-electron chi connectivity index (χ0n) is 17.3. The van der Waals surface area contributed by atoms with Crippen LogP contribution >= 0.6 is 15.9 Å². The van der Waals surface area contributed by atoms with E-state index in [2.05, 4.69) is 26.6 Å². The quantitative estimate of drug-likeness (QED) is 0.459. The molecule has 2 aromatic rings. The van der Waals surface area contributed by atoms with E-state index in [1.54, 1.807) is 18.2 Å². The summed E-state index contributed by atoms with van der Waals surface area (Å²) in [6.07, 6.45) is 2.25. The maximum atomic E-state index is 12.7. The van der Waals surface area contributed by atoms with Crippen LogP contribution in [0.2, 0.25) is 0 Å². The van der Waals surface area contributed by atoms with Crippen LogP contribution in [0.4, 0.5) is 10.5 Å². The molecule has 3 rings (SSSR count). The highest BCUT2D eigenvalue weighted by Gasteiger charge is 2.35. The molecule has 1 heterocycles. The van der Waals surface area contributed by atoms with Crippen LogP contribution < -0.4 is 20.1 Å². The number of methoxy groups -OCH3 is 2. The van der Waals surface area contributed by atoms with Crippen molar-refractivity contribution in [2.75, 3.05) is 26.1 Å². The number of nitrogens with one attached hydrogen (secondary N) is 2. The lowest BCUT2D eigenvalue weighted by Crippen LogP contribution is -2.38. The number of amides is 4. The minimum atomic E-state index is -0.658. The molecule has 31 heavy (non-hydrogen) atoms. The van der Waals surface area contributed by atoms with Crippen LogP contribution in [0.15, 0.2) is 46.6 Å². The minimum absolute atomic E-state index is 0.0610. The topological polar surface area (TPSA) is 97.0 Å². The fraction of sp³-hybridized carbons (Fsp3) is 0.227. The number of anilines is 1. The van der Waals surface area contributed by atoms with Gasteiger partial charge in [0.05, 0.1) is 18.7 Å². The van der Waals surface area contributed by atoms with Crippen molar-refractivity contribution in [1.82, 2.24) is 10.2 Å². The first-order valence-electron chi connectivity index (χ1n) is 9.51. The van der Waals surface area contributed by atoms with Crippen molar-refractivity contribution >= 4 is 45.5 Å². The van der Waals surface area contributed by atoms with Crippen LogP contribution in [0.25, 0.3) is 6.08 Å². The standard InChI is InChI=1S/C22H22BrN3O5/c1-4-14-7-5-6-8-16(14)24-19(27)12-26-21(28)17(25-22(26)29)10-13-9-15(23)20(31-3)18(11-13)30-2/h5-11H,4,12H2,1-3H3,(H,24,27)(H,25,29)/b17-10-. The molecule has 1 fully saturated rings. The fourth-order valence-corrected chi connectivity index (χ4v) is 3.81. The third-order valence-electron chi connectivity index (χ3n) is 4.70. The molecular weight excluding hydrogens is 466 g/mol. The number of imide groups is 1. The maximum Gasteiger partial charge on any atom is 0.329 e. The summed E-state index contributed by atoms with van der Waals surface area (Å²) in [4.78, 5) is 38.3. The molecule has 2 aromatic carbocycles. The maximum absolute atomic E-state index is 12.7. The van der Waals surface area contributed by atoms with Crippen molar-refractivity contribution in [3.63, 3.8) is 0 Å². The van der Waals surface area contributed by atoms with Crippen molar-refractivity contribution in [3.8, 4) is 11.5 Å². The van der Waals surface area contributed by atoms with Gasteiger partial charge in [0.25, 0.3) is 5.91 Å².